The Bertz CT molecular complexity index is 360. The van der Waals surface area contributed by atoms with Crippen LogP contribution in [0.3, 0.4) is 0 Å². The summed E-state index contributed by atoms with van der Waals surface area (Å²) in [5.41, 5.74) is 7.44. The molecular formula is C8H14N4OS. The van der Waals surface area contributed by atoms with Crippen LogP contribution in [0.5, 0.6) is 0 Å². The summed E-state index contributed by atoms with van der Waals surface area (Å²) < 4.78 is 2.92. The SMILES string of the molecule is CCn1nc(C)c(N(S)C(N)=O)c1C. The number of primary amides is 1. The lowest BCUT2D eigenvalue weighted by Crippen LogP contribution is -2.28. The standard InChI is InChI=1S/C8H14N4OS/c1-4-11-6(3)7(5(2)10-11)12(14)8(9)13/h14H,4H2,1-3H3,(H2,9,13). The number of aromatic nitrogens is 2. The summed E-state index contributed by atoms with van der Waals surface area (Å²) in [6, 6.07) is -0.602. The van der Waals surface area contributed by atoms with Gasteiger partial charge in [-0.3, -0.25) is 4.68 Å². The zero-order valence-corrected chi connectivity index (χ0v) is 9.38. The van der Waals surface area contributed by atoms with Gasteiger partial charge in [-0.1, -0.05) is 12.8 Å². The number of nitrogens with zero attached hydrogens (tertiary/aromatic N) is 3. The van der Waals surface area contributed by atoms with E-state index in [0.717, 1.165) is 22.2 Å². The van der Waals surface area contributed by atoms with Crippen LogP contribution in [0, 0.1) is 13.8 Å². The third-order valence-electron chi connectivity index (χ3n) is 2.06. The lowest BCUT2D eigenvalue weighted by molar-refractivity contribution is 0.257. The molecule has 1 heterocycles. The highest BCUT2D eigenvalue weighted by atomic mass is 32.1. The molecule has 0 spiro atoms. The zero-order valence-electron chi connectivity index (χ0n) is 8.48. The molecule has 78 valence electrons. The van der Waals surface area contributed by atoms with E-state index < -0.39 is 6.03 Å². The first-order valence-electron chi connectivity index (χ1n) is 4.31. The van der Waals surface area contributed by atoms with Crippen molar-refractivity contribution in [3.05, 3.63) is 11.4 Å². The smallest absolute Gasteiger partial charge is 0.329 e. The molecule has 1 aromatic rings. The molecule has 0 aliphatic heterocycles. The average Bonchev–Trinajstić information content (AvgIpc) is 2.40. The van der Waals surface area contributed by atoms with Crippen LogP contribution in [-0.4, -0.2) is 15.8 Å². The van der Waals surface area contributed by atoms with Crippen molar-refractivity contribution in [2.45, 2.75) is 27.3 Å². The van der Waals surface area contributed by atoms with Crippen molar-refractivity contribution in [1.82, 2.24) is 9.78 Å². The molecule has 2 amide bonds. The molecule has 1 rings (SSSR count). The lowest BCUT2D eigenvalue weighted by Gasteiger charge is -2.12. The number of urea groups is 1. The van der Waals surface area contributed by atoms with Crippen molar-refractivity contribution in [3.63, 3.8) is 0 Å². The molecule has 5 nitrogen and oxygen atoms in total. The van der Waals surface area contributed by atoms with Crippen molar-refractivity contribution in [1.29, 1.82) is 0 Å². The van der Waals surface area contributed by atoms with Crippen molar-refractivity contribution in [2.75, 3.05) is 4.31 Å². The Kier molecular flexibility index (Phi) is 3.05. The van der Waals surface area contributed by atoms with Gasteiger partial charge in [-0.15, -0.1) is 0 Å². The van der Waals surface area contributed by atoms with Crippen LogP contribution in [0.15, 0.2) is 0 Å². The number of anilines is 1. The lowest BCUT2D eigenvalue weighted by atomic mass is 10.3. The topological polar surface area (TPSA) is 64.2 Å². The van der Waals surface area contributed by atoms with E-state index in [1.807, 2.05) is 20.8 Å². The molecular weight excluding hydrogens is 200 g/mol. The second kappa shape index (κ2) is 3.91. The van der Waals surface area contributed by atoms with Crippen LogP contribution in [0.1, 0.15) is 18.3 Å². The van der Waals surface area contributed by atoms with Gasteiger partial charge in [-0.05, 0) is 20.8 Å². The van der Waals surface area contributed by atoms with Gasteiger partial charge in [-0.25, -0.2) is 9.10 Å². The highest BCUT2D eigenvalue weighted by Gasteiger charge is 2.18. The van der Waals surface area contributed by atoms with E-state index in [4.69, 9.17) is 5.73 Å². The van der Waals surface area contributed by atoms with Crippen LogP contribution >= 0.6 is 12.8 Å². The first kappa shape index (κ1) is 10.9. The molecule has 0 unspecified atom stereocenters. The molecule has 0 saturated carbocycles. The molecule has 0 bridgehead atoms. The maximum Gasteiger partial charge on any atom is 0.329 e. The molecule has 2 N–H and O–H groups in total. The van der Waals surface area contributed by atoms with Crippen LogP contribution in [0.25, 0.3) is 0 Å². The van der Waals surface area contributed by atoms with Gasteiger partial charge in [0.2, 0.25) is 0 Å². The number of carbonyl (C=O) groups is 1. The van der Waals surface area contributed by atoms with Gasteiger partial charge in [0, 0.05) is 6.54 Å². The minimum absolute atomic E-state index is 0.602. The van der Waals surface area contributed by atoms with Crippen molar-refractivity contribution in [2.24, 2.45) is 5.73 Å². The van der Waals surface area contributed by atoms with E-state index in [0.29, 0.717) is 5.69 Å². The summed E-state index contributed by atoms with van der Waals surface area (Å²) >= 11 is 4.01. The molecule has 0 radical (unpaired) electrons. The summed E-state index contributed by atoms with van der Waals surface area (Å²) in [7, 11) is 0. The average molecular weight is 214 g/mol. The first-order chi connectivity index (χ1) is 6.49. The van der Waals surface area contributed by atoms with Gasteiger partial charge >= 0.3 is 6.03 Å². The molecule has 0 aromatic carbocycles. The number of amides is 2. The van der Waals surface area contributed by atoms with E-state index in [-0.39, 0.29) is 0 Å². The van der Waals surface area contributed by atoms with E-state index >= 15 is 0 Å². The van der Waals surface area contributed by atoms with Crippen LogP contribution in [0.4, 0.5) is 10.5 Å². The quantitative estimate of drug-likeness (QED) is 0.728. The van der Waals surface area contributed by atoms with Gasteiger partial charge in [-0.2, -0.15) is 5.10 Å². The molecule has 0 atom stereocenters. The van der Waals surface area contributed by atoms with Gasteiger partial charge in [0.05, 0.1) is 11.4 Å². The maximum atomic E-state index is 10.9. The van der Waals surface area contributed by atoms with Crippen LogP contribution < -0.4 is 10.0 Å². The predicted octanol–water partition coefficient (Wildman–Crippen LogP) is 1.25. The summed E-state index contributed by atoms with van der Waals surface area (Å²) in [5, 5.41) is 4.25. The maximum absolute atomic E-state index is 10.9. The number of hydrogen-bond donors (Lipinski definition) is 2. The molecule has 0 aliphatic carbocycles. The summed E-state index contributed by atoms with van der Waals surface area (Å²) in [4.78, 5) is 10.9. The Balaban J connectivity index is 3.20. The van der Waals surface area contributed by atoms with E-state index in [1.54, 1.807) is 4.68 Å². The van der Waals surface area contributed by atoms with Crippen molar-refractivity contribution in [3.8, 4) is 0 Å². The van der Waals surface area contributed by atoms with Gasteiger partial charge in [0.25, 0.3) is 0 Å². The Labute approximate surface area is 88.4 Å². The zero-order chi connectivity index (χ0) is 10.9. The van der Waals surface area contributed by atoms with E-state index in [9.17, 15) is 4.79 Å². The Hall–Kier alpha value is -1.17. The Morgan fingerprint density at radius 2 is 2.21 bits per heavy atom. The fraction of sp³-hybridized carbons (Fsp3) is 0.500. The molecule has 0 saturated heterocycles. The molecule has 0 aliphatic rings. The second-order valence-corrected chi connectivity index (χ2v) is 3.39. The first-order valence-corrected chi connectivity index (χ1v) is 4.71. The van der Waals surface area contributed by atoms with Crippen molar-refractivity contribution >= 4 is 24.5 Å². The minimum Gasteiger partial charge on any atom is -0.350 e. The van der Waals surface area contributed by atoms with Crippen LogP contribution in [-0.2, 0) is 6.54 Å². The summed E-state index contributed by atoms with van der Waals surface area (Å²) in [6.45, 7) is 6.44. The van der Waals surface area contributed by atoms with Crippen LogP contribution in [0.2, 0.25) is 0 Å². The van der Waals surface area contributed by atoms with Gasteiger partial charge in [0.15, 0.2) is 0 Å². The monoisotopic (exact) mass is 214 g/mol. The molecule has 14 heavy (non-hydrogen) atoms. The summed E-state index contributed by atoms with van der Waals surface area (Å²) in [6.07, 6.45) is 0. The highest BCUT2D eigenvalue weighted by Crippen LogP contribution is 2.25. The minimum atomic E-state index is -0.602. The van der Waals surface area contributed by atoms with Crippen molar-refractivity contribution < 1.29 is 4.79 Å². The van der Waals surface area contributed by atoms with E-state index in [1.165, 1.54) is 0 Å². The molecule has 1 aromatic heterocycles. The number of hydrogen-bond acceptors (Lipinski definition) is 3. The predicted molar refractivity (Wildman–Crippen MR) is 58.4 cm³/mol. The second-order valence-electron chi connectivity index (χ2n) is 2.99. The highest BCUT2D eigenvalue weighted by molar-refractivity contribution is 7.82. The van der Waals surface area contributed by atoms with E-state index in [2.05, 4.69) is 17.9 Å². The molecule has 0 fully saturated rings. The normalized spacial score (nSPS) is 10.3. The largest absolute Gasteiger partial charge is 0.350 e. The number of nitrogens with two attached hydrogens (primary N) is 1. The Morgan fingerprint density at radius 1 is 1.64 bits per heavy atom. The Morgan fingerprint density at radius 3 is 2.57 bits per heavy atom. The third-order valence-corrected chi connectivity index (χ3v) is 2.46. The number of rotatable bonds is 2. The summed E-state index contributed by atoms with van der Waals surface area (Å²) in [5.74, 6) is 0. The fourth-order valence-electron chi connectivity index (χ4n) is 1.41. The number of carbonyl (C=O) groups excluding carboxylic acids is 1. The third kappa shape index (κ3) is 1.70. The number of thiol groups is 1. The molecule has 6 heteroatoms. The van der Waals surface area contributed by atoms with Gasteiger partial charge < -0.3 is 5.73 Å². The van der Waals surface area contributed by atoms with Gasteiger partial charge in [0.1, 0.15) is 5.69 Å². The fourth-order valence-corrected chi connectivity index (χ4v) is 1.70. The number of aryl methyl sites for hydroxylation is 2.